The Morgan fingerprint density at radius 2 is 2.10 bits per heavy atom. The number of carbonyl (C=O) groups excluding carboxylic acids is 1. The maximum absolute atomic E-state index is 12.4. The van der Waals surface area contributed by atoms with E-state index in [4.69, 9.17) is 0 Å². The van der Waals surface area contributed by atoms with Crippen LogP contribution in [0.1, 0.15) is 28.1 Å². The Morgan fingerprint density at radius 1 is 1.29 bits per heavy atom. The van der Waals surface area contributed by atoms with Gasteiger partial charge in [0, 0.05) is 23.5 Å². The Hall–Kier alpha value is -1.85. The molecule has 0 bridgehead atoms. The Bertz CT molecular complexity index is 635. The lowest BCUT2D eigenvalue weighted by Crippen LogP contribution is -2.31. The first-order valence-corrected chi connectivity index (χ1v) is 7.83. The van der Waals surface area contributed by atoms with Gasteiger partial charge in [-0.05, 0) is 36.4 Å². The standard InChI is InChI=1S/C16H17NO3S/c18-12-5-6-14(15(19)8-12)16(20)10-17(11-3-4-11)9-13-2-1-7-21-13/h1-2,5-8,11,18-19H,3-4,9-10H2. The molecule has 0 radical (unpaired) electrons. The van der Waals surface area contributed by atoms with E-state index in [9.17, 15) is 15.0 Å². The number of nitrogens with zero attached hydrogens (tertiary/aromatic N) is 1. The Labute approximate surface area is 127 Å². The second-order valence-electron chi connectivity index (χ2n) is 5.34. The monoisotopic (exact) mass is 303 g/mol. The van der Waals surface area contributed by atoms with Crippen LogP contribution in [0.3, 0.4) is 0 Å². The van der Waals surface area contributed by atoms with E-state index in [-0.39, 0.29) is 22.8 Å². The van der Waals surface area contributed by atoms with E-state index in [1.54, 1.807) is 11.3 Å². The molecular formula is C16H17NO3S. The lowest BCUT2D eigenvalue weighted by Gasteiger charge is -2.20. The number of benzene rings is 1. The van der Waals surface area contributed by atoms with Crippen LogP contribution in [0.4, 0.5) is 0 Å². The van der Waals surface area contributed by atoms with Gasteiger partial charge < -0.3 is 10.2 Å². The van der Waals surface area contributed by atoms with Crippen LogP contribution in [0.5, 0.6) is 11.5 Å². The Morgan fingerprint density at radius 3 is 2.71 bits per heavy atom. The molecule has 1 saturated carbocycles. The molecule has 1 fully saturated rings. The maximum Gasteiger partial charge on any atom is 0.180 e. The molecule has 1 heterocycles. The molecule has 2 aromatic rings. The number of thiophene rings is 1. The minimum Gasteiger partial charge on any atom is -0.508 e. The minimum absolute atomic E-state index is 0.0401. The molecule has 0 unspecified atom stereocenters. The summed E-state index contributed by atoms with van der Waals surface area (Å²) in [5.41, 5.74) is 0.268. The summed E-state index contributed by atoms with van der Waals surface area (Å²) >= 11 is 1.69. The van der Waals surface area contributed by atoms with Gasteiger partial charge in [-0.15, -0.1) is 11.3 Å². The number of aromatic hydroxyl groups is 2. The molecule has 0 atom stereocenters. The molecule has 21 heavy (non-hydrogen) atoms. The number of hydrogen-bond acceptors (Lipinski definition) is 5. The first-order chi connectivity index (χ1) is 10.1. The summed E-state index contributed by atoms with van der Waals surface area (Å²) in [6, 6.07) is 8.65. The quantitative estimate of drug-likeness (QED) is 0.805. The van der Waals surface area contributed by atoms with Gasteiger partial charge in [-0.1, -0.05) is 6.07 Å². The SMILES string of the molecule is O=C(CN(Cc1cccs1)C1CC1)c1ccc(O)cc1O. The van der Waals surface area contributed by atoms with E-state index >= 15 is 0 Å². The topological polar surface area (TPSA) is 60.8 Å². The van der Waals surface area contributed by atoms with Gasteiger partial charge in [-0.25, -0.2) is 0 Å². The van der Waals surface area contributed by atoms with Crippen LogP contribution in [0.15, 0.2) is 35.7 Å². The average Bonchev–Trinajstić information content (AvgIpc) is 3.16. The number of phenolic OH excluding ortho intramolecular Hbond substituents is 2. The van der Waals surface area contributed by atoms with Crippen molar-refractivity contribution in [3.63, 3.8) is 0 Å². The normalized spacial score (nSPS) is 14.5. The number of hydrogen-bond donors (Lipinski definition) is 2. The summed E-state index contributed by atoms with van der Waals surface area (Å²) in [6.45, 7) is 1.06. The van der Waals surface area contributed by atoms with Gasteiger partial charge >= 0.3 is 0 Å². The van der Waals surface area contributed by atoms with Crippen molar-refractivity contribution in [3.05, 3.63) is 46.2 Å². The predicted octanol–water partition coefficient (Wildman–Crippen LogP) is 3.01. The van der Waals surface area contributed by atoms with Crippen molar-refractivity contribution < 1.29 is 15.0 Å². The lowest BCUT2D eigenvalue weighted by molar-refractivity contribution is 0.0917. The van der Waals surface area contributed by atoms with E-state index in [2.05, 4.69) is 11.0 Å². The predicted molar refractivity (Wildman–Crippen MR) is 81.9 cm³/mol. The first-order valence-electron chi connectivity index (χ1n) is 6.95. The molecule has 4 nitrogen and oxygen atoms in total. The molecule has 5 heteroatoms. The van der Waals surface area contributed by atoms with E-state index in [0.29, 0.717) is 12.6 Å². The zero-order valence-corrected chi connectivity index (χ0v) is 12.3. The van der Waals surface area contributed by atoms with E-state index in [1.807, 2.05) is 11.4 Å². The van der Waals surface area contributed by atoms with Crippen LogP contribution in [0, 0.1) is 0 Å². The zero-order valence-electron chi connectivity index (χ0n) is 11.5. The molecule has 0 spiro atoms. The van der Waals surface area contributed by atoms with Crippen LogP contribution >= 0.6 is 11.3 Å². The van der Waals surface area contributed by atoms with Gasteiger partial charge in [-0.2, -0.15) is 0 Å². The Balaban J connectivity index is 1.71. The highest BCUT2D eigenvalue weighted by Gasteiger charge is 2.31. The smallest absolute Gasteiger partial charge is 0.180 e. The minimum atomic E-state index is -0.160. The van der Waals surface area contributed by atoms with Crippen molar-refractivity contribution in [3.8, 4) is 11.5 Å². The first kappa shape index (κ1) is 14.1. The number of ketones is 1. The second-order valence-corrected chi connectivity index (χ2v) is 6.37. The number of phenols is 2. The van der Waals surface area contributed by atoms with Crippen molar-refractivity contribution in [2.75, 3.05) is 6.54 Å². The van der Waals surface area contributed by atoms with Gasteiger partial charge in [-0.3, -0.25) is 9.69 Å². The highest BCUT2D eigenvalue weighted by molar-refractivity contribution is 7.09. The average molecular weight is 303 g/mol. The number of rotatable bonds is 6. The molecule has 1 aliphatic rings. The highest BCUT2D eigenvalue weighted by Crippen LogP contribution is 2.30. The van der Waals surface area contributed by atoms with Crippen molar-refractivity contribution in [1.82, 2.24) is 4.90 Å². The van der Waals surface area contributed by atoms with Gasteiger partial charge in [0.2, 0.25) is 0 Å². The summed E-state index contributed by atoms with van der Waals surface area (Å²) < 4.78 is 0. The van der Waals surface area contributed by atoms with E-state index in [1.165, 1.54) is 23.1 Å². The maximum atomic E-state index is 12.4. The van der Waals surface area contributed by atoms with Crippen LogP contribution in [0.25, 0.3) is 0 Å². The summed E-state index contributed by atoms with van der Waals surface area (Å²) in [5, 5.41) is 21.1. The summed E-state index contributed by atoms with van der Waals surface area (Å²) in [6.07, 6.45) is 2.25. The molecule has 0 aliphatic heterocycles. The fraction of sp³-hybridized carbons (Fsp3) is 0.312. The molecule has 2 N–H and O–H groups in total. The molecule has 1 aliphatic carbocycles. The van der Waals surface area contributed by atoms with Crippen molar-refractivity contribution in [2.45, 2.75) is 25.4 Å². The fourth-order valence-electron chi connectivity index (χ4n) is 2.38. The van der Waals surface area contributed by atoms with Crippen molar-refractivity contribution in [1.29, 1.82) is 0 Å². The van der Waals surface area contributed by atoms with Gasteiger partial charge in [0.15, 0.2) is 5.78 Å². The number of Topliss-reactive ketones (excluding diaryl/α,β-unsaturated/α-hetero) is 1. The highest BCUT2D eigenvalue weighted by atomic mass is 32.1. The van der Waals surface area contributed by atoms with Gasteiger partial charge in [0.05, 0.1) is 12.1 Å². The molecule has 0 saturated heterocycles. The fourth-order valence-corrected chi connectivity index (χ4v) is 3.11. The summed E-state index contributed by atoms with van der Waals surface area (Å²) in [5.74, 6) is -0.315. The second kappa shape index (κ2) is 5.87. The van der Waals surface area contributed by atoms with Crippen LogP contribution in [-0.2, 0) is 6.54 Å². The van der Waals surface area contributed by atoms with Crippen LogP contribution < -0.4 is 0 Å². The number of carbonyl (C=O) groups is 1. The largest absolute Gasteiger partial charge is 0.508 e. The Kier molecular flexibility index (Phi) is 3.94. The van der Waals surface area contributed by atoms with Crippen molar-refractivity contribution in [2.24, 2.45) is 0 Å². The summed E-state index contributed by atoms with van der Waals surface area (Å²) in [7, 11) is 0. The molecule has 1 aromatic heterocycles. The third-order valence-corrected chi connectivity index (χ3v) is 4.49. The molecular weight excluding hydrogens is 286 g/mol. The summed E-state index contributed by atoms with van der Waals surface area (Å²) in [4.78, 5) is 15.8. The molecule has 3 rings (SSSR count). The molecule has 0 amide bonds. The van der Waals surface area contributed by atoms with Gasteiger partial charge in [0.25, 0.3) is 0 Å². The van der Waals surface area contributed by atoms with E-state index < -0.39 is 0 Å². The molecule has 1 aromatic carbocycles. The zero-order chi connectivity index (χ0) is 14.8. The van der Waals surface area contributed by atoms with Crippen molar-refractivity contribution >= 4 is 17.1 Å². The van der Waals surface area contributed by atoms with Crippen LogP contribution in [-0.4, -0.2) is 33.5 Å². The van der Waals surface area contributed by atoms with E-state index in [0.717, 1.165) is 19.4 Å². The van der Waals surface area contributed by atoms with Crippen LogP contribution in [0.2, 0.25) is 0 Å². The third-order valence-electron chi connectivity index (χ3n) is 3.63. The third kappa shape index (κ3) is 3.43. The molecule has 110 valence electrons. The van der Waals surface area contributed by atoms with Gasteiger partial charge in [0.1, 0.15) is 11.5 Å². The lowest BCUT2D eigenvalue weighted by atomic mass is 10.1.